The zero-order chi connectivity index (χ0) is 16.3. The summed E-state index contributed by atoms with van der Waals surface area (Å²) in [5.41, 5.74) is 5.88. The number of halogens is 1. The maximum atomic E-state index is 13.1. The van der Waals surface area contributed by atoms with E-state index in [1.807, 2.05) is 34.6 Å². The Kier molecular flexibility index (Phi) is 5.51. The number of nitrogens with one attached hydrogen (secondary N) is 1. The summed E-state index contributed by atoms with van der Waals surface area (Å²) < 4.78 is 13.1. The molecule has 118 valence electrons. The summed E-state index contributed by atoms with van der Waals surface area (Å²) in [5.74, 6) is -0.338. The van der Waals surface area contributed by atoms with Crippen LogP contribution < -0.4 is 11.1 Å². The molecule has 1 aromatic carbocycles. The number of rotatable bonds is 5. The van der Waals surface area contributed by atoms with Crippen molar-refractivity contribution in [2.75, 3.05) is 6.54 Å². The Morgan fingerprint density at radius 3 is 2.14 bits per heavy atom. The third-order valence-electron chi connectivity index (χ3n) is 4.12. The largest absolute Gasteiger partial charge is 0.348 e. The Balaban J connectivity index is 3.06. The maximum absolute atomic E-state index is 13.1. The zero-order valence-corrected chi connectivity index (χ0v) is 13.7. The van der Waals surface area contributed by atoms with Gasteiger partial charge in [0, 0.05) is 6.54 Å². The van der Waals surface area contributed by atoms with Gasteiger partial charge in [-0.2, -0.15) is 0 Å². The maximum Gasteiger partial charge on any atom is 0.227 e. The van der Waals surface area contributed by atoms with Crippen molar-refractivity contribution in [3.8, 4) is 0 Å². The number of hydrogen-bond donors (Lipinski definition) is 2. The second kappa shape index (κ2) is 6.56. The van der Waals surface area contributed by atoms with Crippen LogP contribution in [0.3, 0.4) is 0 Å². The number of nitrogens with two attached hydrogens (primary N) is 1. The molecule has 0 spiro atoms. The fourth-order valence-corrected chi connectivity index (χ4v) is 2.16. The van der Waals surface area contributed by atoms with Crippen LogP contribution >= 0.6 is 0 Å². The molecule has 1 amide bonds. The third kappa shape index (κ3) is 4.27. The first kappa shape index (κ1) is 17.6. The fourth-order valence-electron chi connectivity index (χ4n) is 2.16. The average Bonchev–Trinajstić information content (AvgIpc) is 2.43. The quantitative estimate of drug-likeness (QED) is 0.874. The monoisotopic (exact) mass is 294 g/mol. The highest BCUT2D eigenvalue weighted by Crippen LogP contribution is 2.34. The topological polar surface area (TPSA) is 55.1 Å². The lowest BCUT2D eigenvalue weighted by Gasteiger charge is -2.35. The van der Waals surface area contributed by atoms with E-state index < -0.39 is 5.41 Å². The molecule has 21 heavy (non-hydrogen) atoms. The van der Waals surface area contributed by atoms with E-state index in [0.717, 1.165) is 5.56 Å². The first-order valence-electron chi connectivity index (χ1n) is 7.40. The fraction of sp³-hybridized carbons (Fsp3) is 0.588. The van der Waals surface area contributed by atoms with Gasteiger partial charge in [0.05, 0.1) is 11.5 Å². The lowest BCUT2D eigenvalue weighted by molar-refractivity contribution is -0.131. The van der Waals surface area contributed by atoms with E-state index >= 15 is 0 Å². The second-order valence-electron chi connectivity index (χ2n) is 6.94. The summed E-state index contributed by atoms with van der Waals surface area (Å²) in [6, 6.07) is 6.09. The molecule has 0 fully saturated rings. The van der Waals surface area contributed by atoms with Crippen molar-refractivity contribution in [1.82, 2.24) is 5.32 Å². The van der Waals surface area contributed by atoms with Gasteiger partial charge in [-0.1, -0.05) is 39.8 Å². The van der Waals surface area contributed by atoms with Crippen molar-refractivity contribution in [3.63, 3.8) is 0 Å². The molecule has 3 nitrogen and oxygen atoms in total. The van der Waals surface area contributed by atoms with E-state index in [-0.39, 0.29) is 23.2 Å². The lowest BCUT2D eigenvalue weighted by Crippen LogP contribution is -2.47. The van der Waals surface area contributed by atoms with Gasteiger partial charge in [0.25, 0.3) is 0 Å². The molecule has 4 heteroatoms. The molecule has 0 heterocycles. The molecule has 0 aliphatic heterocycles. The van der Waals surface area contributed by atoms with Crippen LogP contribution in [-0.2, 0) is 4.79 Å². The van der Waals surface area contributed by atoms with Crippen LogP contribution in [0, 0.1) is 16.6 Å². The van der Waals surface area contributed by atoms with Crippen molar-refractivity contribution in [3.05, 3.63) is 35.6 Å². The molecule has 1 aromatic rings. The zero-order valence-electron chi connectivity index (χ0n) is 13.7. The highest BCUT2D eigenvalue weighted by Gasteiger charge is 2.35. The third-order valence-corrected chi connectivity index (χ3v) is 4.12. The van der Waals surface area contributed by atoms with E-state index in [1.165, 1.54) is 12.1 Å². The number of hydrogen-bond acceptors (Lipinski definition) is 2. The van der Waals surface area contributed by atoms with Gasteiger partial charge in [0.2, 0.25) is 5.91 Å². The predicted molar refractivity (Wildman–Crippen MR) is 84.2 cm³/mol. The first-order chi connectivity index (χ1) is 9.64. The Bertz CT molecular complexity index is 473. The summed E-state index contributed by atoms with van der Waals surface area (Å²) in [4.78, 5) is 12.6. The van der Waals surface area contributed by atoms with E-state index in [9.17, 15) is 9.18 Å². The summed E-state index contributed by atoms with van der Waals surface area (Å²) in [6.45, 7) is 10.3. The summed E-state index contributed by atoms with van der Waals surface area (Å²) in [5, 5.41) is 3.09. The summed E-state index contributed by atoms with van der Waals surface area (Å²) in [7, 11) is 0. The molecule has 0 aliphatic rings. The SMILES string of the molecule is CCC(C)(CN)C(=O)NC(c1ccc(F)cc1)C(C)(C)C. The molecule has 3 N–H and O–H groups in total. The average molecular weight is 294 g/mol. The minimum atomic E-state index is -0.580. The Labute approximate surface area is 127 Å². The molecule has 0 saturated heterocycles. The molecule has 0 radical (unpaired) electrons. The molecule has 2 unspecified atom stereocenters. The second-order valence-corrected chi connectivity index (χ2v) is 6.94. The van der Waals surface area contributed by atoms with Crippen molar-refractivity contribution in [2.45, 2.75) is 47.1 Å². The number of benzene rings is 1. The summed E-state index contributed by atoms with van der Waals surface area (Å²) in [6.07, 6.45) is 0.676. The molecule has 0 bridgehead atoms. The Morgan fingerprint density at radius 1 is 1.24 bits per heavy atom. The van der Waals surface area contributed by atoms with Gasteiger partial charge in [-0.25, -0.2) is 4.39 Å². The number of carbonyl (C=O) groups excluding carboxylic acids is 1. The highest BCUT2D eigenvalue weighted by molar-refractivity contribution is 5.83. The standard InChI is InChI=1S/C17H27FN2O/c1-6-17(5,11-19)15(21)20-14(16(2,3)4)12-7-9-13(18)10-8-12/h7-10,14H,6,11,19H2,1-5H3,(H,20,21). The Morgan fingerprint density at radius 2 is 1.76 bits per heavy atom. The van der Waals surface area contributed by atoms with Gasteiger partial charge in [0.15, 0.2) is 0 Å². The molecular weight excluding hydrogens is 267 g/mol. The van der Waals surface area contributed by atoms with Crippen LogP contribution in [0.2, 0.25) is 0 Å². The molecule has 0 aromatic heterocycles. The normalized spacial score (nSPS) is 16.1. The van der Waals surface area contributed by atoms with Crippen LogP contribution in [0.4, 0.5) is 4.39 Å². The Hall–Kier alpha value is -1.42. The van der Waals surface area contributed by atoms with Gasteiger partial charge in [0.1, 0.15) is 5.82 Å². The highest BCUT2D eigenvalue weighted by atomic mass is 19.1. The predicted octanol–water partition coefficient (Wildman–Crippen LogP) is 3.40. The summed E-state index contributed by atoms with van der Waals surface area (Å²) >= 11 is 0. The van der Waals surface area contributed by atoms with Gasteiger partial charge >= 0.3 is 0 Å². The van der Waals surface area contributed by atoms with Gasteiger partial charge in [-0.3, -0.25) is 4.79 Å². The van der Waals surface area contributed by atoms with E-state index in [1.54, 1.807) is 12.1 Å². The molecule has 2 atom stereocenters. The van der Waals surface area contributed by atoms with E-state index in [2.05, 4.69) is 5.32 Å². The van der Waals surface area contributed by atoms with Crippen molar-refractivity contribution in [2.24, 2.45) is 16.6 Å². The molecule has 1 rings (SSSR count). The van der Waals surface area contributed by atoms with Crippen LogP contribution in [-0.4, -0.2) is 12.5 Å². The smallest absolute Gasteiger partial charge is 0.227 e. The van der Waals surface area contributed by atoms with Crippen LogP contribution in [0.25, 0.3) is 0 Å². The van der Waals surface area contributed by atoms with Crippen LogP contribution in [0.15, 0.2) is 24.3 Å². The van der Waals surface area contributed by atoms with E-state index in [0.29, 0.717) is 13.0 Å². The molecular formula is C17H27FN2O. The van der Waals surface area contributed by atoms with Crippen LogP contribution in [0.5, 0.6) is 0 Å². The minimum absolute atomic E-state index is 0.0586. The lowest BCUT2D eigenvalue weighted by atomic mass is 9.80. The van der Waals surface area contributed by atoms with Crippen molar-refractivity contribution in [1.29, 1.82) is 0 Å². The molecule has 0 saturated carbocycles. The van der Waals surface area contributed by atoms with Crippen molar-refractivity contribution < 1.29 is 9.18 Å². The van der Waals surface area contributed by atoms with Gasteiger partial charge in [-0.05, 0) is 36.5 Å². The van der Waals surface area contributed by atoms with Crippen LogP contribution in [0.1, 0.15) is 52.6 Å². The van der Waals surface area contributed by atoms with E-state index in [4.69, 9.17) is 5.73 Å². The van der Waals surface area contributed by atoms with Gasteiger partial charge < -0.3 is 11.1 Å². The van der Waals surface area contributed by atoms with Crippen molar-refractivity contribution >= 4 is 5.91 Å². The van der Waals surface area contributed by atoms with Gasteiger partial charge in [-0.15, -0.1) is 0 Å². The first-order valence-corrected chi connectivity index (χ1v) is 7.40. The number of carbonyl (C=O) groups is 1. The minimum Gasteiger partial charge on any atom is -0.348 e. The molecule has 0 aliphatic carbocycles. The number of amides is 1.